The van der Waals surface area contributed by atoms with Gasteiger partial charge in [-0.2, -0.15) is 0 Å². The van der Waals surface area contributed by atoms with Crippen molar-refractivity contribution in [1.82, 2.24) is 0 Å². The molecule has 0 aliphatic carbocycles. The van der Waals surface area contributed by atoms with Gasteiger partial charge in [0.15, 0.2) is 8.32 Å². The zero-order valence-electron chi connectivity index (χ0n) is 12.0. The van der Waals surface area contributed by atoms with Crippen LogP contribution in [0.3, 0.4) is 0 Å². The van der Waals surface area contributed by atoms with Gasteiger partial charge < -0.3 is 4.43 Å². The second-order valence-electron chi connectivity index (χ2n) is 5.51. The van der Waals surface area contributed by atoms with Crippen molar-refractivity contribution in [2.24, 2.45) is 10.9 Å². The Morgan fingerprint density at radius 1 is 1.31 bits per heavy atom. The molecule has 0 atom stereocenters. The summed E-state index contributed by atoms with van der Waals surface area (Å²) in [5, 5.41) is 0. The molecular formula is C13H29NOSi. The maximum absolute atomic E-state index is 5.79. The van der Waals surface area contributed by atoms with Crippen LogP contribution in [0.2, 0.25) is 19.1 Å². The molecule has 0 aromatic heterocycles. The highest BCUT2D eigenvalue weighted by molar-refractivity contribution is 6.71. The van der Waals surface area contributed by atoms with E-state index >= 15 is 0 Å². The van der Waals surface area contributed by atoms with E-state index in [4.69, 9.17) is 4.43 Å². The summed E-state index contributed by atoms with van der Waals surface area (Å²) in [6, 6.07) is 1.22. The fourth-order valence-electron chi connectivity index (χ4n) is 1.89. The summed E-state index contributed by atoms with van der Waals surface area (Å²) in [6.45, 7) is 15.1. The van der Waals surface area contributed by atoms with Gasteiger partial charge >= 0.3 is 0 Å². The number of hydrogen-bond acceptors (Lipinski definition) is 2. The van der Waals surface area contributed by atoms with Crippen LogP contribution in [0.25, 0.3) is 0 Å². The minimum atomic E-state index is -1.38. The van der Waals surface area contributed by atoms with Crippen LogP contribution in [-0.2, 0) is 4.43 Å². The summed E-state index contributed by atoms with van der Waals surface area (Å²) >= 11 is 0. The van der Waals surface area contributed by atoms with Crippen LogP contribution < -0.4 is 0 Å². The molecule has 2 nitrogen and oxygen atoms in total. The molecule has 0 aromatic carbocycles. The molecule has 0 spiro atoms. The number of hydrogen-bond donors (Lipinski definition) is 0. The van der Waals surface area contributed by atoms with Gasteiger partial charge in [0.05, 0.1) is 0 Å². The first-order valence-corrected chi connectivity index (χ1v) is 9.63. The smallest absolute Gasteiger partial charge is 0.186 e. The largest absolute Gasteiger partial charge is 0.418 e. The SMILES string of the molecule is CCO[Si](C)(C)CCCN=C(C)CC(C)C. The third kappa shape index (κ3) is 9.10. The lowest BCUT2D eigenvalue weighted by molar-refractivity contribution is 0.328. The van der Waals surface area contributed by atoms with E-state index in [1.807, 2.05) is 0 Å². The standard InChI is InChI=1S/C13H29NOSi/c1-7-15-16(5,6)10-8-9-14-13(4)11-12(2)3/h12H,7-11H2,1-6H3. The Bertz CT molecular complexity index is 212. The molecule has 96 valence electrons. The fraction of sp³-hybridized carbons (Fsp3) is 0.923. The Morgan fingerprint density at radius 3 is 2.44 bits per heavy atom. The summed E-state index contributed by atoms with van der Waals surface area (Å²) in [5.74, 6) is 0.720. The highest BCUT2D eigenvalue weighted by atomic mass is 28.4. The van der Waals surface area contributed by atoms with Crippen molar-refractivity contribution in [3.8, 4) is 0 Å². The molecule has 0 amide bonds. The van der Waals surface area contributed by atoms with E-state index in [1.165, 1.54) is 18.2 Å². The van der Waals surface area contributed by atoms with Gasteiger partial charge in [-0.05, 0) is 51.7 Å². The van der Waals surface area contributed by atoms with Crippen molar-refractivity contribution in [3.05, 3.63) is 0 Å². The van der Waals surface area contributed by atoms with Crippen LogP contribution >= 0.6 is 0 Å². The van der Waals surface area contributed by atoms with Crippen LogP contribution in [0.5, 0.6) is 0 Å². The summed E-state index contributed by atoms with van der Waals surface area (Å²) in [6.07, 6.45) is 2.31. The highest BCUT2D eigenvalue weighted by Crippen LogP contribution is 2.13. The Hall–Kier alpha value is -0.153. The second kappa shape index (κ2) is 8.01. The van der Waals surface area contributed by atoms with E-state index in [2.05, 4.69) is 45.8 Å². The lowest BCUT2D eigenvalue weighted by atomic mass is 10.1. The normalized spacial score (nSPS) is 13.6. The summed E-state index contributed by atoms with van der Waals surface area (Å²) in [7, 11) is -1.38. The molecule has 0 rings (SSSR count). The lowest BCUT2D eigenvalue weighted by Gasteiger charge is -2.21. The third-order valence-electron chi connectivity index (χ3n) is 2.56. The van der Waals surface area contributed by atoms with Crippen molar-refractivity contribution in [2.75, 3.05) is 13.2 Å². The van der Waals surface area contributed by atoms with Gasteiger partial charge in [0.1, 0.15) is 0 Å². The average molecular weight is 243 g/mol. The summed E-state index contributed by atoms with van der Waals surface area (Å²) in [5.41, 5.74) is 1.30. The fourth-order valence-corrected chi connectivity index (χ4v) is 3.83. The Morgan fingerprint density at radius 2 is 1.94 bits per heavy atom. The first-order chi connectivity index (χ1) is 7.37. The van der Waals surface area contributed by atoms with Crippen LogP contribution in [0.15, 0.2) is 4.99 Å². The van der Waals surface area contributed by atoms with Crippen LogP contribution in [-0.4, -0.2) is 27.2 Å². The predicted molar refractivity (Wildman–Crippen MR) is 76.0 cm³/mol. The van der Waals surface area contributed by atoms with Crippen molar-refractivity contribution in [3.63, 3.8) is 0 Å². The molecule has 0 saturated carbocycles. The van der Waals surface area contributed by atoms with E-state index < -0.39 is 8.32 Å². The average Bonchev–Trinajstić information content (AvgIpc) is 2.11. The molecule has 3 heteroatoms. The van der Waals surface area contributed by atoms with E-state index in [0.717, 1.165) is 25.5 Å². The molecule has 0 aliphatic rings. The lowest BCUT2D eigenvalue weighted by Crippen LogP contribution is -2.30. The van der Waals surface area contributed by atoms with E-state index in [-0.39, 0.29) is 0 Å². The maximum atomic E-state index is 5.79. The molecule has 0 N–H and O–H groups in total. The predicted octanol–water partition coefficient (Wildman–Crippen LogP) is 4.13. The van der Waals surface area contributed by atoms with Gasteiger partial charge in [-0.15, -0.1) is 0 Å². The third-order valence-corrected chi connectivity index (χ3v) is 5.19. The van der Waals surface area contributed by atoms with Gasteiger partial charge in [-0.3, -0.25) is 4.99 Å². The van der Waals surface area contributed by atoms with Crippen LogP contribution in [0.4, 0.5) is 0 Å². The van der Waals surface area contributed by atoms with E-state index in [9.17, 15) is 0 Å². The zero-order chi connectivity index (χ0) is 12.6. The molecule has 0 aliphatic heterocycles. The topological polar surface area (TPSA) is 21.6 Å². The van der Waals surface area contributed by atoms with E-state index in [0.29, 0.717) is 0 Å². The van der Waals surface area contributed by atoms with Gasteiger partial charge in [0, 0.05) is 18.9 Å². The minimum absolute atomic E-state index is 0.720. The Labute approximate surface area is 103 Å². The quantitative estimate of drug-likeness (QED) is 0.357. The molecule has 0 heterocycles. The maximum Gasteiger partial charge on any atom is 0.186 e. The van der Waals surface area contributed by atoms with E-state index in [1.54, 1.807) is 0 Å². The molecule has 16 heavy (non-hydrogen) atoms. The molecule has 0 fully saturated rings. The van der Waals surface area contributed by atoms with Crippen LogP contribution in [0.1, 0.15) is 40.5 Å². The zero-order valence-corrected chi connectivity index (χ0v) is 13.0. The van der Waals surface area contributed by atoms with Crippen molar-refractivity contribution in [1.29, 1.82) is 0 Å². The Balaban J connectivity index is 3.74. The van der Waals surface area contributed by atoms with Crippen molar-refractivity contribution < 1.29 is 4.43 Å². The number of aliphatic imine (C=N–C) groups is 1. The highest BCUT2D eigenvalue weighted by Gasteiger charge is 2.20. The first-order valence-electron chi connectivity index (χ1n) is 6.51. The van der Waals surface area contributed by atoms with Crippen molar-refractivity contribution in [2.45, 2.75) is 59.7 Å². The van der Waals surface area contributed by atoms with Crippen LogP contribution in [0, 0.1) is 5.92 Å². The first kappa shape index (κ1) is 15.8. The monoisotopic (exact) mass is 243 g/mol. The summed E-state index contributed by atoms with van der Waals surface area (Å²) in [4.78, 5) is 4.61. The molecule has 0 saturated heterocycles. The van der Waals surface area contributed by atoms with Gasteiger partial charge in [-0.25, -0.2) is 0 Å². The Kier molecular flexibility index (Phi) is 7.94. The van der Waals surface area contributed by atoms with Gasteiger partial charge in [-0.1, -0.05) is 13.8 Å². The molecule has 0 radical (unpaired) electrons. The van der Waals surface area contributed by atoms with Gasteiger partial charge in [0.25, 0.3) is 0 Å². The number of rotatable bonds is 8. The van der Waals surface area contributed by atoms with Crippen molar-refractivity contribution >= 4 is 14.0 Å². The second-order valence-corrected chi connectivity index (χ2v) is 9.82. The number of nitrogens with zero attached hydrogens (tertiary/aromatic N) is 1. The minimum Gasteiger partial charge on any atom is -0.418 e. The molecule has 0 unspecified atom stereocenters. The molecule has 0 bridgehead atoms. The summed E-state index contributed by atoms with van der Waals surface area (Å²) < 4.78 is 5.79. The molecule has 0 aromatic rings. The molecular weight excluding hydrogens is 214 g/mol. The van der Waals surface area contributed by atoms with Gasteiger partial charge in [0.2, 0.25) is 0 Å².